The first kappa shape index (κ1) is 22.9. The van der Waals surface area contributed by atoms with Gasteiger partial charge in [0.1, 0.15) is 11.4 Å². The van der Waals surface area contributed by atoms with Crippen LogP contribution in [-0.2, 0) is 9.59 Å². The maximum absolute atomic E-state index is 13.2. The average molecular weight is 448 g/mol. The Balaban J connectivity index is 1.60. The molecule has 0 aromatic heterocycles. The van der Waals surface area contributed by atoms with E-state index in [1.165, 1.54) is 23.4 Å². The summed E-state index contributed by atoms with van der Waals surface area (Å²) in [6.45, 7) is 9.31. The van der Waals surface area contributed by atoms with Crippen LogP contribution in [0.4, 0.5) is 11.4 Å². The Morgan fingerprint density at radius 3 is 2.21 bits per heavy atom. The maximum atomic E-state index is 13.2. The number of anilines is 2. The van der Waals surface area contributed by atoms with Crippen molar-refractivity contribution in [3.63, 3.8) is 0 Å². The molecule has 1 fully saturated rings. The van der Waals surface area contributed by atoms with Crippen molar-refractivity contribution in [3.8, 4) is 5.75 Å². The Bertz CT molecular complexity index is 1020. The minimum absolute atomic E-state index is 0.257. The third-order valence-electron chi connectivity index (χ3n) is 6.35. The topological polar surface area (TPSA) is 61.9 Å². The lowest BCUT2D eigenvalue weighted by molar-refractivity contribution is -0.136. The monoisotopic (exact) mass is 447 g/mol. The van der Waals surface area contributed by atoms with Gasteiger partial charge in [0.05, 0.1) is 12.2 Å². The zero-order valence-corrected chi connectivity index (χ0v) is 19.8. The Labute approximate surface area is 196 Å². The van der Waals surface area contributed by atoms with Crippen LogP contribution in [0.2, 0.25) is 0 Å². The predicted octanol–water partition coefficient (Wildman–Crippen LogP) is 4.92. The molecule has 0 atom stereocenters. The molecule has 174 valence electrons. The summed E-state index contributed by atoms with van der Waals surface area (Å²) in [6, 6.07) is 15.5. The van der Waals surface area contributed by atoms with Gasteiger partial charge in [-0.1, -0.05) is 26.0 Å². The first-order valence-corrected chi connectivity index (χ1v) is 12.0. The van der Waals surface area contributed by atoms with Crippen molar-refractivity contribution in [3.05, 3.63) is 59.8 Å². The fraction of sp³-hybridized carbons (Fsp3) is 0.407. The van der Waals surface area contributed by atoms with Crippen molar-refractivity contribution in [2.75, 3.05) is 36.5 Å². The highest BCUT2D eigenvalue weighted by molar-refractivity contribution is 6.36. The lowest BCUT2D eigenvalue weighted by Crippen LogP contribution is -2.33. The first-order valence-electron chi connectivity index (χ1n) is 12.0. The van der Waals surface area contributed by atoms with Gasteiger partial charge < -0.3 is 15.0 Å². The number of hydrogen-bond donors (Lipinski definition) is 1. The molecule has 1 saturated heterocycles. The molecule has 33 heavy (non-hydrogen) atoms. The van der Waals surface area contributed by atoms with Gasteiger partial charge in [-0.3, -0.25) is 14.5 Å². The van der Waals surface area contributed by atoms with Gasteiger partial charge in [0.25, 0.3) is 11.8 Å². The number of ether oxygens (including phenoxy) is 1. The van der Waals surface area contributed by atoms with Crippen LogP contribution in [0.1, 0.15) is 45.6 Å². The van der Waals surface area contributed by atoms with Crippen LogP contribution >= 0.6 is 0 Å². The highest BCUT2D eigenvalue weighted by Gasteiger charge is 2.38. The largest absolute Gasteiger partial charge is 0.494 e. The fourth-order valence-electron chi connectivity index (χ4n) is 4.44. The quantitative estimate of drug-likeness (QED) is 0.582. The summed E-state index contributed by atoms with van der Waals surface area (Å²) in [6.07, 6.45) is 3.13. The van der Waals surface area contributed by atoms with Crippen LogP contribution in [0.15, 0.2) is 54.2 Å². The molecule has 6 nitrogen and oxygen atoms in total. The SMILES string of the molecule is CCCN1C(=O)C(Nc2ccc(N3CCC(C)CC3)cc2)=C(c2ccc(OCC)cc2)C1=O. The van der Waals surface area contributed by atoms with Crippen LogP contribution in [-0.4, -0.2) is 43.0 Å². The van der Waals surface area contributed by atoms with Gasteiger partial charge in [0.15, 0.2) is 0 Å². The van der Waals surface area contributed by atoms with Crippen molar-refractivity contribution < 1.29 is 14.3 Å². The molecule has 2 heterocycles. The number of piperidine rings is 1. The second kappa shape index (κ2) is 10.1. The predicted molar refractivity (Wildman–Crippen MR) is 132 cm³/mol. The number of amides is 2. The Morgan fingerprint density at radius 1 is 0.939 bits per heavy atom. The molecular weight excluding hydrogens is 414 g/mol. The highest BCUT2D eigenvalue weighted by atomic mass is 16.5. The van der Waals surface area contributed by atoms with Crippen molar-refractivity contribution >= 4 is 28.8 Å². The standard InChI is InChI=1S/C27H33N3O3/c1-4-16-30-26(31)24(20-6-12-23(13-7-20)33-5-2)25(27(30)32)28-21-8-10-22(11-9-21)29-17-14-19(3)15-18-29/h6-13,19,28H,4-5,14-18H2,1-3H3. The van der Waals surface area contributed by atoms with Gasteiger partial charge in [-0.2, -0.15) is 0 Å². The summed E-state index contributed by atoms with van der Waals surface area (Å²) in [4.78, 5) is 30.1. The molecule has 2 aliphatic heterocycles. The molecule has 2 aliphatic rings. The summed E-state index contributed by atoms with van der Waals surface area (Å²) in [5, 5.41) is 3.25. The average Bonchev–Trinajstić information content (AvgIpc) is 3.05. The second-order valence-electron chi connectivity index (χ2n) is 8.81. The van der Waals surface area contributed by atoms with E-state index in [9.17, 15) is 9.59 Å². The smallest absolute Gasteiger partial charge is 0.278 e. The van der Waals surface area contributed by atoms with E-state index in [0.717, 1.165) is 30.4 Å². The Hall–Kier alpha value is -3.28. The molecule has 0 aliphatic carbocycles. The number of rotatable bonds is 8. The molecule has 0 unspecified atom stereocenters. The Morgan fingerprint density at radius 2 is 1.61 bits per heavy atom. The second-order valence-corrected chi connectivity index (χ2v) is 8.81. The third kappa shape index (κ3) is 4.90. The number of benzene rings is 2. The summed E-state index contributed by atoms with van der Waals surface area (Å²) >= 11 is 0. The van der Waals surface area contributed by atoms with Crippen LogP contribution in [0.5, 0.6) is 5.75 Å². The molecule has 0 radical (unpaired) electrons. The number of carbonyl (C=O) groups is 2. The number of nitrogens with zero attached hydrogens (tertiary/aromatic N) is 2. The van der Waals surface area contributed by atoms with E-state index in [0.29, 0.717) is 36.4 Å². The fourth-order valence-corrected chi connectivity index (χ4v) is 4.44. The van der Waals surface area contributed by atoms with E-state index >= 15 is 0 Å². The molecule has 0 saturated carbocycles. The van der Waals surface area contributed by atoms with Crippen LogP contribution in [0.3, 0.4) is 0 Å². The molecule has 2 amide bonds. The minimum Gasteiger partial charge on any atom is -0.494 e. The molecule has 1 N–H and O–H groups in total. The third-order valence-corrected chi connectivity index (χ3v) is 6.35. The van der Waals surface area contributed by atoms with E-state index in [1.807, 2.05) is 50.2 Å². The van der Waals surface area contributed by atoms with Crippen LogP contribution in [0.25, 0.3) is 5.57 Å². The van der Waals surface area contributed by atoms with E-state index < -0.39 is 0 Å². The van der Waals surface area contributed by atoms with Gasteiger partial charge in [-0.25, -0.2) is 0 Å². The molecule has 0 bridgehead atoms. The van der Waals surface area contributed by atoms with E-state index in [-0.39, 0.29) is 11.8 Å². The van der Waals surface area contributed by atoms with E-state index in [1.54, 1.807) is 0 Å². The van der Waals surface area contributed by atoms with E-state index in [2.05, 4.69) is 29.3 Å². The molecule has 6 heteroatoms. The summed E-state index contributed by atoms with van der Waals surface area (Å²) in [7, 11) is 0. The zero-order valence-electron chi connectivity index (χ0n) is 19.8. The number of nitrogens with one attached hydrogen (secondary N) is 1. The molecular formula is C27H33N3O3. The van der Waals surface area contributed by atoms with Crippen molar-refractivity contribution in [1.82, 2.24) is 4.90 Å². The van der Waals surface area contributed by atoms with Crippen molar-refractivity contribution in [1.29, 1.82) is 0 Å². The number of carbonyl (C=O) groups excluding carboxylic acids is 2. The van der Waals surface area contributed by atoms with Gasteiger partial charge in [-0.15, -0.1) is 0 Å². The first-order chi connectivity index (χ1) is 16.0. The molecule has 0 spiro atoms. The molecule has 2 aromatic carbocycles. The van der Waals surface area contributed by atoms with Crippen molar-refractivity contribution in [2.24, 2.45) is 5.92 Å². The number of hydrogen-bond acceptors (Lipinski definition) is 5. The lowest BCUT2D eigenvalue weighted by Gasteiger charge is -2.32. The molecule has 4 rings (SSSR count). The Kier molecular flexibility index (Phi) is 7.02. The summed E-state index contributed by atoms with van der Waals surface area (Å²) < 4.78 is 5.52. The van der Waals surface area contributed by atoms with Crippen molar-refractivity contribution in [2.45, 2.75) is 40.0 Å². The maximum Gasteiger partial charge on any atom is 0.278 e. The van der Waals surface area contributed by atoms with E-state index in [4.69, 9.17) is 4.74 Å². The highest BCUT2D eigenvalue weighted by Crippen LogP contribution is 2.32. The number of imide groups is 1. The normalized spacial score (nSPS) is 17.2. The van der Waals surface area contributed by atoms with Crippen LogP contribution in [0, 0.1) is 5.92 Å². The summed E-state index contributed by atoms with van der Waals surface area (Å²) in [5.41, 5.74) is 3.43. The van der Waals surface area contributed by atoms with Gasteiger partial charge >= 0.3 is 0 Å². The van der Waals surface area contributed by atoms with Gasteiger partial charge in [-0.05, 0) is 74.1 Å². The minimum atomic E-state index is -0.278. The zero-order chi connectivity index (χ0) is 23.4. The lowest BCUT2D eigenvalue weighted by atomic mass is 9.99. The van der Waals surface area contributed by atoms with Gasteiger partial charge in [0, 0.05) is 31.0 Å². The summed E-state index contributed by atoms with van der Waals surface area (Å²) in [5.74, 6) is 0.987. The van der Waals surface area contributed by atoms with Crippen LogP contribution < -0.4 is 15.0 Å². The molecule has 2 aromatic rings. The van der Waals surface area contributed by atoms with Gasteiger partial charge in [0.2, 0.25) is 0 Å².